The Kier molecular flexibility index (Phi) is 4.78. The molecule has 0 heterocycles. The highest BCUT2D eigenvalue weighted by Crippen LogP contribution is 2.21. The average Bonchev–Trinajstić information content (AvgIpc) is 2.50. The Balaban J connectivity index is 2.15. The van der Waals surface area contributed by atoms with Gasteiger partial charge in [0, 0.05) is 23.9 Å². The van der Waals surface area contributed by atoms with E-state index in [-0.39, 0.29) is 11.8 Å². The van der Waals surface area contributed by atoms with Gasteiger partial charge in [-0.1, -0.05) is 6.07 Å². The van der Waals surface area contributed by atoms with E-state index in [1.807, 2.05) is 13.0 Å². The second-order valence-electron chi connectivity index (χ2n) is 4.89. The largest absolute Gasteiger partial charge is 0.497 e. The van der Waals surface area contributed by atoms with E-state index in [9.17, 15) is 9.59 Å². The highest BCUT2D eigenvalue weighted by atomic mass is 16.5. The zero-order valence-electron chi connectivity index (χ0n) is 12.8. The highest BCUT2D eigenvalue weighted by molar-refractivity contribution is 6.04. The van der Waals surface area contributed by atoms with Crippen LogP contribution in [0.1, 0.15) is 22.8 Å². The minimum Gasteiger partial charge on any atom is -0.497 e. The van der Waals surface area contributed by atoms with E-state index in [4.69, 9.17) is 4.74 Å². The number of amides is 2. The standard InChI is InChI=1S/C17H18N2O3/c1-11-4-7-14(10-16(11)18-12(2)20)19-17(21)13-5-8-15(22-3)9-6-13/h4-10H,1-3H3,(H,18,20)(H,19,21). The molecule has 2 amide bonds. The van der Waals surface area contributed by atoms with Gasteiger partial charge < -0.3 is 15.4 Å². The molecule has 0 saturated carbocycles. The van der Waals surface area contributed by atoms with Crippen molar-refractivity contribution in [1.29, 1.82) is 0 Å². The molecule has 0 saturated heterocycles. The smallest absolute Gasteiger partial charge is 0.255 e. The summed E-state index contributed by atoms with van der Waals surface area (Å²) in [5, 5.41) is 5.54. The van der Waals surface area contributed by atoms with Crippen LogP contribution in [-0.4, -0.2) is 18.9 Å². The van der Waals surface area contributed by atoms with Gasteiger partial charge in [0.25, 0.3) is 5.91 Å². The number of carbonyl (C=O) groups is 2. The molecule has 0 bridgehead atoms. The fourth-order valence-electron chi connectivity index (χ4n) is 1.97. The van der Waals surface area contributed by atoms with Gasteiger partial charge in [0.2, 0.25) is 5.91 Å². The lowest BCUT2D eigenvalue weighted by Crippen LogP contribution is -2.13. The molecular formula is C17H18N2O3. The lowest BCUT2D eigenvalue weighted by molar-refractivity contribution is -0.114. The Hall–Kier alpha value is -2.82. The monoisotopic (exact) mass is 298 g/mol. The third kappa shape index (κ3) is 3.85. The SMILES string of the molecule is COc1ccc(C(=O)Nc2ccc(C)c(NC(C)=O)c2)cc1. The maximum atomic E-state index is 12.2. The van der Waals surface area contributed by atoms with Gasteiger partial charge in [-0.2, -0.15) is 0 Å². The molecule has 0 fully saturated rings. The second kappa shape index (κ2) is 6.76. The number of aryl methyl sites for hydroxylation is 1. The molecule has 0 radical (unpaired) electrons. The fourth-order valence-corrected chi connectivity index (χ4v) is 1.97. The molecule has 0 aliphatic rings. The molecule has 22 heavy (non-hydrogen) atoms. The first kappa shape index (κ1) is 15.6. The summed E-state index contributed by atoms with van der Waals surface area (Å²) in [6.07, 6.45) is 0. The second-order valence-corrected chi connectivity index (χ2v) is 4.89. The molecular weight excluding hydrogens is 280 g/mol. The average molecular weight is 298 g/mol. The first-order chi connectivity index (χ1) is 10.5. The Morgan fingerprint density at radius 1 is 1.00 bits per heavy atom. The molecule has 0 atom stereocenters. The number of ether oxygens (including phenoxy) is 1. The van der Waals surface area contributed by atoms with Crippen molar-refractivity contribution in [3.63, 3.8) is 0 Å². The number of hydrogen-bond donors (Lipinski definition) is 2. The fraction of sp³-hybridized carbons (Fsp3) is 0.176. The molecule has 0 aromatic heterocycles. The Morgan fingerprint density at radius 3 is 2.27 bits per heavy atom. The predicted octanol–water partition coefficient (Wildman–Crippen LogP) is 3.21. The summed E-state index contributed by atoms with van der Waals surface area (Å²) in [6.45, 7) is 3.34. The summed E-state index contributed by atoms with van der Waals surface area (Å²) < 4.78 is 5.06. The first-order valence-electron chi connectivity index (χ1n) is 6.83. The lowest BCUT2D eigenvalue weighted by Gasteiger charge is -2.11. The van der Waals surface area contributed by atoms with Crippen LogP contribution in [0, 0.1) is 6.92 Å². The number of benzene rings is 2. The zero-order valence-corrected chi connectivity index (χ0v) is 12.8. The van der Waals surface area contributed by atoms with E-state index < -0.39 is 0 Å². The van der Waals surface area contributed by atoms with Gasteiger partial charge in [-0.15, -0.1) is 0 Å². The predicted molar refractivity (Wildman–Crippen MR) is 86.4 cm³/mol. The van der Waals surface area contributed by atoms with Gasteiger partial charge >= 0.3 is 0 Å². The quantitative estimate of drug-likeness (QED) is 0.910. The van der Waals surface area contributed by atoms with Crippen molar-refractivity contribution < 1.29 is 14.3 Å². The Morgan fingerprint density at radius 2 is 1.68 bits per heavy atom. The van der Waals surface area contributed by atoms with E-state index in [1.165, 1.54) is 6.92 Å². The van der Waals surface area contributed by atoms with Crippen molar-refractivity contribution in [2.75, 3.05) is 17.7 Å². The van der Waals surface area contributed by atoms with Crippen LogP contribution >= 0.6 is 0 Å². The van der Waals surface area contributed by atoms with Crippen molar-refractivity contribution in [2.24, 2.45) is 0 Å². The molecule has 5 nitrogen and oxygen atoms in total. The van der Waals surface area contributed by atoms with Crippen LogP contribution in [0.4, 0.5) is 11.4 Å². The van der Waals surface area contributed by atoms with Crippen molar-refractivity contribution >= 4 is 23.2 Å². The van der Waals surface area contributed by atoms with Gasteiger partial charge in [0.15, 0.2) is 0 Å². The first-order valence-corrected chi connectivity index (χ1v) is 6.83. The summed E-state index contributed by atoms with van der Waals surface area (Å²) in [5.41, 5.74) is 2.76. The summed E-state index contributed by atoms with van der Waals surface area (Å²) in [7, 11) is 1.57. The molecule has 114 valence electrons. The van der Waals surface area contributed by atoms with Gasteiger partial charge in [0.1, 0.15) is 5.75 Å². The van der Waals surface area contributed by atoms with Crippen molar-refractivity contribution in [3.8, 4) is 5.75 Å². The number of anilines is 2. The van der Waals surface area contributed by atoms with Gasteiger partial charge in [-0.3, -0.25) is 9.59 Å². The van der Waals surface area contributed by atoms with Crippen LogP contribution in [0.15, 0.2) is 42.5 Å². The van der Waals surface area contributed by atoms with Crippen LogP contribution in [0.5, 0.6) is 5.75 Å². The van der Waals surface area contributed by atoms with E-state index in [0.717, 1.165) is 5.56 Å². The summed E-state index contributed by atoms with van der Waals surface area (Å²) in [5.74, 6) is 0.321. The van der Waals surface area contributed by atoms with E-state index in [0.29, 0.717) is 22.7 Å². The molecule has 5 heteroatoms. The molecule has 2 aromatic rings. The van der Waals surface area contributed by atoms with Gasteiger partial charge in [-0.05, 0) is 48.9 Å². The van der Waals surface area contributed by atoms with Crippen LogP contribution in [0.25, 0.3) is 0 Å². The number of rotatable bonds is 4. The van der Waals surface area contributed by atoms with Crippen LogP contribution in [0.2, 0.25) is 0 Å². The summed E-state index contributed by atoms with van der Waals surface area (Å²) >= 11 is 0. The Bertz CT molecular complexity index is 694. The zero-order chi connectivity index (χ0) is 16.1. The highest BCUT2D eigenvalue weighted by Gasteiger charge is 2.08. The van der Waals surface area contributed by atoms with Gasteiger partial charge in [0.05, 0.1) is 7.11 Å². The third-order valence-electron chi connectivity index (χ3n) is 3.16. The van der Waals surface area contributed by atoms with E-state index in [1.54, 1.807) is 43.5 Å². The maximum Gasteiger partial charge on any atom is 0.255 e. The van der Waals surface area contributed by atoms with Crippen molar-refractivity contribution in [2.45, 2.75) is 13.8 Å². The van der Waals surface area contributed by atoms with Crippen LogP contribution in [0.3, 0.4) is 0 Å². The summed E-state index contributed by atoms with van der Waals surface area (Å²) in [6, 6.07) is 12.2. The number of carbonyl (C=O) groups excluding carboxylic acids is 2. The van der Waals surface area contributed by atoms with Crippen LogP contribution < -0.4 is 15.4 Å². The summed E-state index contributed by atoms with van der Waals surface area (Å²) in [4.78, 5) is 23.4. The number of methoxy groups -OCH3 is 1. The molecule has 0 aliphatic heterocycles. The molecule has 2 rings (SSSR count). The normalized spacial score (nSPS) is 9.95. The van der Waals surface area contributed by atoms with E-state index >= 15 is 0 Å². The van der Waals surface area contributed by atoms with E-state index in [2.05, 4.69) is 10.6 Å². The van der Waals surface area contributed by atoms with Gasteiger partial charge in [-0.25, -0.2) is 0 Å². The topological polar surface area (TPSA) is 67.4 Å². The molecule has 2 N–H and O–H groups in total. The van der Waals surface area contributed by atoms with Crippen LogP contribution in [-0.2, 0) is 4.79 Å². The molecule has 0 aliphatic carbocycles. The molecule has 2 aromatic carbocycles. The lowest BCUT2D eigenvalue weighted by atomic mass is 10.1. The minimum absolute atomic E-state index is 0.151. The third-order valence-corrected chi connectivity index (χ3v) is 3.16. The number of nitrogens with one attached hydrogen (secondary N) is 2. The minimum atomic E-state index is -0.222. The number of hydrogen-bond acceptors (Lipinski definition) is 3. The maximum absolute atomic E-state index is 12.2. The van der Waals surface area contributed by atoms with Crippen molar-refractivity contribution in [1.82, 2.24) is 0 Å². The van der Waals surface area contributed by atoms with Crippen molar-refractivity contribution in [3.05, 3.63) is 53.6 Å². The molecule has 0 spiro atoms. The molecule has 0 unspecified atom stereocenters. The Labute approximate surface area is 129 Å².